The van der Waals surface area contributed by atoms with Crippen LogP contribution < -0.4 is 4.90 Å². The van der Waals surface area contributed by atoms with Crippen LogP contribution in [0.25, 0.3) is 5.65 Å². The summed E-state index contributed by atoms with van der Waals surface area (Å²) in [5, 5.41) is 0. The van der Waals surface area contributed by atoms with Gasteiger partial charge in [-0.1, -0.05) is 12.1 Å². The Bertz CT molecular complexity index is 1150. The molecule has 0 saturated carbocycles. The van der Waals surface area contributed by atoms with Gasteiger partial charge < -0.3 is 14.5 Å². The van der Waals surface area contributed by atoms with Crippen LogP contribution in [-0.2, 0) is 11.3 Å². The maximum Gasteiger partial charge on any atom is 0.138 e. The lowest BCUT2D eigenvalue weighted by Gasteiger charge is -2.39. The van der Waals surface area contributed by atoms with Gasteiger partial charge in [-0.3, -0.25) is 14.3 Å². The van der Waals surface area contributed by atoms with Crippen molar-refractivity contribution in [3.05, 3.63) is 59.2 Å². The number of hydrogen-bond acceptors (Lipinski definition) is 6. The molecule has 0 radical (unpaired) electrons. The Kier molecular flexibility index (Phi) is 7.09. The van der Waals surface area contributed by atoms with Gasteiger partial charge in [0, 0.05) is 32.4 Å². The van der Waals surface area contributed by atoms with E-state index in [9.17, 15) is 0 Å². The molecule has 2 atom stereocenters. The Balaban J connectivity index is 1.57. The van der Waals surface area contributed by atoms with Gasteiger partial charge >= 0.3 is 0 Å². The molecule has 5 heterocycles. The Labute approximate surface area is 209 Å². The molecule has 7 nitrogen and oxygen atoms in total. The number of ether oxygens (including phenoxy) is 1. The largest absolute Gasteiger partial charge is 0.372 e. The van der Waals surface area contributed by atoms with Gasteiger partial charge in [-0.2, -0.15) is 0 Å². The average molecular weight is 477 g/mol. The molecule has 0 bridgehead atoms. The number of piperazine rings is 1. The van der Waals surface area contributed by atoms with Crippen molar-refractivity contribution in [3.8, 4) is 0 Å². The molecule has 0 spiro atoms. The van der Waals surface area contributed by atoms with Crippen LogP contribution in [0.1, 0.15) is 67.8 Å². The zero-order chi connectivity index (χ0) is 24.5. The topological polar surface area (TPSA) is 49.1 Å². The van der Waals surface area contributed by atoms with Crippen molar-refractivity contribution in [2.75, 3.05) is 45.2 Å². The minimum absolute atomic E-state index is 0.164. The molecule has 0 unspecified atom stereocenters. The minimum Gasteiger partial charge on any atom is -0.372 e. The molecule has 3 aromatic rings. The highest BCUT2D eigenvalue weighted by Gasteiger charge is 2.35. The van der Waals surface area contributed by atoms with E-state index in [0.717, 1.165) is 50.4 Å². The number of likely N-dealkylation sites (tertiary alicyclic amines) is 1. The first kappa shape index (κ1) is 24.2. The summed E-state index contributed by atoms with van der Waals surface area (Å²) in [5.74, 6) is 1.23. The van der Waals surface area contributed by atoms with Crippen LogP contribution in [-0.4, -0.2) is 70.5 Å². The molecule has 35 heavy (non-hydrogen) atoms. The molecule has 5 rings (SSSR count). The predicted octanol–water partition coefficient (Wildman–Crippen LogP) is 4.61. The van der Waals surface area contributed by atoms with E-state index in [0.29, 0.717) is 12.6 Å². The van der Waals surface area contributed by atoms with Crippen molar-refractivity contribution in [2.24, 2.45) is 0 Å². The maximum atomic E-state index is 6.23. The predicted molar refractivity (Wildman–Crippen MR) is 141 cm³/mol. The second-order valence-corrected chi connectivity index (χ2v) is 10.5. The van der Waals surface area contributed by atoms with E-state index in [1.807, 2.05) is 12.3 Å². The highest BCUT2D eigenvalue weighted by Crippen LogP contribution is 2.42. The number of likely N-dealkylation sites (N-methyl/N-ethyl adjacent to an activating group) is 1. The molecule has 2 saturated heterocycles. The molecule has 0 aromatic carbocycles. The third-order valence-electron chi connectivity index (χ3n) is 7.75. The highest BCUT2D eigenvalue weighted by atomic mass is 16.5. The van der Waals surface area contributed by atoms with Gasteiger partial charge in [0.1, 0.15) is 11.5 Å². The van der Waals surface area contributed by atoms with E-state index in [1.165, 1.54) is 29.2 Å². The van der Waals surface area contributed by atoms with Gasteiger partial charge in [-0.05, 0) is 77.9 Å². The third kappa shape index (κ3) is 4.82. The van der Waals surface area contributed by atoms with Gasteiger partial charge in [0.2, 0.25) is 0 Å². The zero-order valence-corrected chi connectivity index (χ0v) is 21.9. The van der Waals surface area contributed by atoms with Crippen molar-refractivity contribution in [1.29, 1.82) is 0 Å². The van der Waals surface area contributed by atoms with Gasteiger partial charge in [0.25, 0.3) is 0 Å². The van der Waals surface area contributed by atoms with Crippen LogP contribution in [0.2, 0.25) is 0 Å². The summed E-state index contributed by atoms with van der Waals surface area (Å²) in [5.41, 5.74) is 5.83. The number of aromatic nitrogens is 3. The molecular formula is C28H40N6O. The van der Waals surface area contributed by atoms with E-state index >= 15 is 0 Å². The Morgan fingerprint density at radius 1 is 0.971 bits per heavy atom. The minimum atomic E-state index is 0.164. The lowest BCUT2D eigenvalue weighted by atomic mass is 9.90. The van der Waals surface area contributed by atoms with E-state index in [4.69, 9.17) is 14.7 Å². The number of imidazole rings is 1. The molecular weight excluding hydrogens is 436 g/mol. The molecule has 2 aliphatic rings. The van der Waals surface area contributed by atoms with Crippen LogP contribution in [0.4, 0.5) is 5.82 Å². The highest BCUT2D eigenvalue weighted by molar-refractivity contribution is 5.55. The number of nitrogens with zero attached hydrogens (tertiary/aromatic N) is 6. The Morgan fingerprint density at radius 2 is 1.71 bits per heavy atom. The fraction of sp³-hybridized carbons (Fsp3) is 0.571. The number of pyridine rings is 2. The number of rotatable bonds is 6. The zero-order valence-electron chi connectivity index (χ0n) is 21.9. The molecule has 2 fully saturated rings. The smallest absolute Gasteiger partial charge is 0.138 e. The van der Waals surface area contributed by atoms with E-state index < -0.39 is 0 Å². The number of hydrogen-bond donors (Lipinski definition) is 0. The van der Waals surface area contributed by atoms with Crippen LogP contribution in [0.5, 0.6) is 0 Å². The first-order valence-electron chi connectivity index (χ1n) is 13.1. The summed E-state index contributed by atoms with van der Waals surface area (Å²) < 4.78 is 8.60. The summed E-state index contributed by atoms with van der Waals surface area (Å²) in [6.07, 6.45) is 5.48. The molecule has 0 aliphatic carbocycles. The Morgan fingerprint density at radius 3 is 2.43 bits per heavy atom. The maximum absolute atomic E-state index is 6.23. The van der Waals surface area contributed by atoms with E-state index in [1.54, 1.807) is 0 Å². The molecule has 7 heteroatoms. The van der Waals surface area contributed by atoms with Gasteiger partial charge in [0.15, 0.2) is 0 Å². The van der Waals surface area contributed by atoms with Crippen LogP contribution >= 0.6 is 0 Å². The van der Waals surface area contributed by atoms with Crippen molar-refractivity contribution >= 4 is 11.5 Å². The second-order valence-electron chi connectivity index (χ2n) is 10.5. The fourth-order valence-corrected chi connectivity index (χ4v) is 5.72. The first-order valence-corrected chi connectivity index (χ1v) is 13.1. The summed E-state index contributed by atoms with van der Waals surface area (Å²) in [6, 6.07) is 11.3. The quantitative estimate of drug-likeness (QED) is 0.518. The summed E-state index contributed by atoms with van der Waals surface area (Å²) in [7, 11) is 4.45. The van der Waals surface area contributed by atoms with Crippen LogP contribution in [0.15, 0.2) is 36.5 Å². The SMILES string of the molecule is Cc1cccnc1[C@@H]1CCC[C@H](c2nc3cccc(N4CCN(C)CC4)n3c2COC(C)C)N1C. The van der Waals surface area contributed by atoms with Gasteiger partial charge in [-0.25, -0.2) is 4.98 Å². The summed E-state index contributed by atoms with van der Waals surface area (Å²) in [6.45, 7) is 11.2. The molecule has 0 amide bonds. The normalized spacial score (nSPS) is 22.4. The molecule has 2 aliphatic heterocycles. The van der Waals surface area contributed by atoms with E-state index in [2.05, 4.69) is 78.2 Å². The molecule has 0 N–H and O–H groups in total. The average Bonchev–Trinajstić information content (AvgIpc) is 3.22. The van der Waals surface area contributed by atoms with E-state index in [-0.39, 0.29) is 12.1 Å². The lowest BCUT2D eigenvalue weighted by Crippen LogP contribution is -2.45. The summed E-state index contributed by atoms with van der Waals surface area (Å²) in [4.78, 5) is 17.5. The van der Waals surface area contributed by atoms with Gasteiger partial charge in [0.05, 0.1) is 41.9 Å². The van der Waals surface area contributed by atoms with Crippen molar-refractivity contribution in [3.63, 3.8) is 0 Å². The van der Waals surface area contributed by atoms with Crippen molar-refractivity contribution in [1.82, 2.24) is 24.2 Å². The molecule has 3 aromatic heterocycles. The number of anilines is 1. The fourth-order valence-electron chi connectivity index (χ4n) is 5.72. The Hall–Kier alpha value is -2.48. The van der Waals surface area contributed by atoms with Crippen molar-refractivity contribution in [2.45, 2.75) is 64.8 Å². The van der Waals surface area contributed by atoms with Gasteiger partial charge in [-0.15, -0.1) is 0 Å². The van der Waals surface area contributed by atoms with Crippen LogP contribution in [0, 0.1) is 6.92 Å². The number of piperidine rings is 1. The standard InChI is InChI=1S/C28H40N6O/c1-20(2)35-19-24-28(23-11-6-10-22(32(23)5)27-21(3)9-8-14-29-27)30-25-12-7-13-26(34(24)25)33-17-15-31(4)16-18-33/h7-9,12-14,20,22-23H,6,10-11,15-19H2,1-5H3/t22-,23+/m0/s1. The van der Waals surface area contributed by atoms with Crippen LogP contribution in [0.3, 0.4) is 0 Å². The third-order valence-corrected chi connectivity index (χ3v) is 7.75. The monoisotopic (exact) mass is 476 g/mol. The lowest BCUT2D eigenvalue weighted by molar-refractivity contribution is 0.0593. The summed E-state index contributed by atoms with van der Waals surface area (Å²) >= 11 is 0. The number of aryl methyl sites for hydroxylation is 1. The van der Waals surface area contributed by atoms with Crippen molar-refractivity contribution < 1.29 is 4.74 Å². The first-order chi connectivity index (χ1) is 16.9. The number of fused-ring (bicyclic) bond motifs is 1. The second kappa shape index (κ2) is 10.2. The molecule has 188 valence electrons.